The third kappa shape index (κ3) is 2.72. The fourth-order valence-corrected chi connectivity index (χ4v) is 3.62. The Morgan fingerprint density at radius 3 is 2.88 bits per heavy atom. The number of aromatic nitrogens is 3. The van der Waals surface area contributed by atoms with Crippen LogP contribution >= 0.6 is 11.8 Å². The molecule has 0 fully saturated rings. The number of nitrogens with two attached hydrogens (primary N) is 1. The SMILES string of the molecule is CC1(C)CNc2ncc(-c3c[nH]c4ccc(C(=N)SC(=N)N)cc34)nc21. The van der Waals surface area contributed by atoms with Crippen LogP contribution in [0.2, 0.25) is 0 Å². The van der Waals surface area contributed by atoms with E-state index < -0.39 is 0 Å². The first kappa shape index (κ1) is 16.6. The van der Waals surface area contributed by atoms with Crippen LogP contribution in [0.15, 0.2) is 30.6 Å². The summed E-state index contributed by atoms with van der Waals surface area (Å²) in [6.45, 7) is 5.12. The van der Waals surface area contributed by atoms with E-state index in [0.717, 1.165) is 57.5 Å². The summed E-state index contributed by atoms with van der Waals surface area (Å²) in [5.74, 6) is 0.846. The molecule has 2 aromatic heterocycles. The van der Waals surface area contributed by atoms with Gasteiger partial charge >= 0.3 is 0 Å². The van der Waals surface area contributed by atoms with Crippen molar-refractivity contribution in [1.82, 2.24) is 15.0 Å². The Bertz CT molecular complexity index is 1050. The van der Waals surface area contributed by atoms with E-state index in [1.165, 1.54) is 0 Å². The van der Waals surface area contributed by atoms with Gasteiger partial charge in [-0.05, 0) is 23.9 Å². The van der Waals surface area contributed by atoms with Crippen LogP contribution in [0.4, 0.5) is 5.82 Å². The first-order valence-electron chi connectivity index (χ1n) is 8.19. The molecule has 0 aliphatic carbocycles. The number of H-pyrrole nitrogens is 1. The zero-order chi connectivity index (χ0) is 18.5. The number of hydrogen-bond acceptors (Lipinski definition) is 6. The van der Waals surface area contributed by atoms with Crippen LogP contribution in [0, 0.1) is 10.8 Å². The van der Waals surface area contributed by atoms with Gasteiger partial charge in [0, 0.05) is 40.2 Å². The zero-order valence-electron chi connectivity index (χ0n) is 14.5. The fourth-order valence-electron chi connectivity index (χ4n) is 3.15. The Morgan fingerprint density at radius 1 is 1.31 bits per heavy atom. The molecule has 7 nitrogen and oxygen atoms in total. The number of amidine groups is 1. The van der Waals surface area contributed by atoms with Gasteiger partial charge in [0.1, 0.15) is 10.9 Å². The minimum atomic E-state index is -0.0939. The van der Waals surface area contributed by atoms with E-state index in [0.29, 0.717) is 0 Å². The number of anilines is 1. The van der Waals surface area contributed by atoms with Gasteiger partial charge in [-0.1, -0.05) is 19.9 Å². The van der Waals surface area contributed by atoms with E-state index in [2.05, 4.69) is 29.1 Å². The van der Waals surface area contributed by atoms with Crippen molar-refractivity contribution in [2.75, 3.05) is 11.9 Å². The summed E-state index contributed by atoms with van der Waals surface area (Å²) in [6.07, 6.45) is 3.69. The summed E-state index contributed by atoms with van der Waals surface area (Å²) in [5.41, 5.74) is 9.73. The quantitative estimate of drug-likeness (QED) is 0.352. The summed E-state index contributed by atoms with van der Waals surface area (Å²) < 4.78 is 0. The maximum absolute atomic E-state index is 8.11. The van der Waals surface area contributed by atoms with Crippen LogP contribution in [-0.2, 0) is 5.41 Å². The van der Waals surface area contributed by atoms with Crippen molar-refractivity contribution in [3.63, 3.8) is 0 Å². The maximum Gasteiger partial charge on any atom is 0.157 e. The predicted octanol–water partition coefficient (Wildman–Crippen LogP) is 3.28. The molecule has 132 valence electrons. The molecule has 0 saturated heterocycles. The highest BCUT2D eigenvalue weighted by Gasteiger charge is 2.33. The number of aromatic amines is 1. The van der Waals surface area contributed by atoms with Gasteiger partial charge in [0.05, 0.1) is 17.6 Å². The number of nitrogens with one attached hydrogen (secondary N) is 4. The van der Waals surface area contributed by atoms with Gasteiger partial charge in [0.15, 0.2) is 5.17 Å². The van der Waals surface area contributed by atoms with E-state index >= 15 is 0 Å². The minimum absolute atomic E-state index is 0.0597. The molecule has 0 unspecified atom stereocenters. The van der Waals surface area contributed by atoms with Crippen molar-refractivity contribution in [2.24, 2.45) is 5.73 Å². The molecule has 3 aromatic rings. The number of rotatable bonds is 2. The highest BCUT2D eigenvalue weighted by Crippen LogP contribution is 2.36. The molecule has 0 amide bonds. The van der Waals surface area contributed by atoms with Crippen molar-refractivity contribution in [2.45, 2.75) is 19.3 Å². The molecule has 8 heteroatoms. The van der Waals surface area contributed by atoms with Gasteiger partial charge in [-0.2, -0.15) is 0 Å². The third-order valence-electron chi connectivity index (χ3n) is 4.54. The van der Waals surface area contributed by atoms with Crippen LogP contribution in [-0.4, -0.2) is 31.7 Å². The van der Waals surface area contributed by atoms with Crippen LogP contribution < -0.4 is 11.1 Å². The topological polar surface area (TPSA) is 127 Å². The Labute approximate surface area is 154 Å². The average Bonchev–Trinajstić information content (AvgIpc) is 3.14. The second kappa shape index (κ2) is 5.84. The standard InChI is InChI=1S/C18H19N7S/c1-18(2)8-24-16-14(18)25-13(7-23-16)11-6-22-12-4-3-9(5-10(11)12)15(19)26-17(20)21/h3-7,19,22H,8H2,1-2H3,(H3,20,21)(H,23,24). The highest BCUT2D eigenvalue weighted by molar-refractivity contribution is 8.26. The van der Waals surface area contributed by atoms with Gasteiger partial charge in [-0.3, -0.25) is 10.8 Å². The number of hydrogen-bond donors (Lipinski definition) is 5. The fraction of sp³-hybridized carbons (Fsp3) is 0.222. The number of nitrogens with zero attached hydrogens (tertiary/aromatic N) is 2. The predicted molar refractivity (Wildman–Crippen MR) is 107 cm³/mol. The van der Waals surface area contributed by atoms with Crippen molar-refractivity contribution >= 4 is 38.7 Å². The Hall–Kier alpha value is -2.87. The zero-order valence-corrected chi connectivity index (χ0v) is 15.3. The molecule has 0 spiro atoms. The lowest BCUT2D eigenvalue weighted by Gasteiger charge is -2.15. The lowest BCUT2D eigenvalue weighted by molar-refractivity contribution is 0.569. The molecule has 0 bridgehead atoms. The van der Waals surface area contributed by atoms with Gasteiger partial charge in [-0.15, -0.1) is 0 Å². The summed E-state index contributed by atoms with van der Waals surface area (Å²) in [6, 6.07) is 5.70. The molecule has 0 radical (unpaired) electrons. The smallest absolute Gasteiger partial charge is 0.157 e. The second-order valence-electron chi connectivity index (χ2n) is 6.95. The normalized spacial score (nSPS) is 14.8. The Kier molecular flexibility index (Phi) is 3.73. The van der Waals surface area contributed by atoms with Crippen molar-refractivity contribution in [1.29, 1.82) is 10.8 Å². The Balaban J connectivity index is 1.80. The molecule has 26 heavy (non-hydrogen) atoms. The van der Waals surface area contributed by atoms with Crippen LogP contribution in [0.1, 0.15) is 25.1 Å². The van der Waals surface area contributed by atoms with E-state index in [-0.39, 0.29) is 15.6 Å². The van der Waals surface area contributed by atoms with E-state index in [1.807, 2.05) is 24.4 Å². The van der Waals surface area contributed by atoms with Gasteiger partial charge in [0.25, 0.3) is 0 Å². The summed E-state index contributed by atoms with van der Waals surface area (Å²) >= 11 is 0.934. The molecule has 0 saturated carbocycles. The number of fused-ring (bicyclic) bond motifs is 2. The van der Waals surface area contributed by atoms with Crippen molar-refractivity contribution in [3.05, 3.63) is 41.9 Å². The second-order valence-corrected chi connectivity index (χ2v) is 8.00. The molecular weight excluding hydrogens is 346 g/mol. The monoisotopic (exact) mass is 365 g/mol. The first-order valence-corrected chi connectivity index (χ1v) is 9.00. The number of benzene rings is 1. The molecule has 1 aliphatic rings. The summed E-state index contributed by atoms with van der Waals surface area (Å²) in [4.78, 5) is 12.7. The highest BCUT2D eigenvalue weighted by atomic mass is 32.2. The van der Waals surface area contributed by atoms with Crippen LogP contribution in [0.5, 0.6) is 0 Å². The molecule has 4 rings (SSSR count). The third-order valence-corrected chi connectivity index (χ3v) is 5.20. The van der Waals surface area contributed by atoms with Crippen LogP contribution in [0.3, 0.4) is 0 Å². The van der Waals surface area contributed by atoms with Crippen LogP contribution in [0.25, 0.3) is 22.2 Å². The first-order chi connectivity index (χ1) is 12.3. The summed E-state index contributed by atoms with van der Waals surface area (Å²) in [7, 11) is 0. The molecular formula is C18H19N7S. The van der Waals surface area contributed by atoms with Crippen molar-refractivity contribution < 1.29 is 0 Å². The molecule has 1 aromatic carbocycles. The lowest BCUT2D eigenvalue weighted by Crippen LogP contribution is -2.20. The molecule has 3 heterocycles. The van der Waals surface area contributed by atoms with Gasteiger partial charge in [0.2, 0.25) is 0 Å². The number of thioether (sulfide) groups is 1. The average molecular weight is 365 g/mol. The van der Waals surface area contributed by atoms with E-state index in [1.54, 1.807) is 6.20 Å². The largest absolute Gasteiger partial charge is 0.378 e. The summed E-state index contributed by atoms with van der Waals surface area (Å²) in [5, 5.41) is 19.9. The van der Waals surface area contributed by atoms with E-state index in [4.69, 9.17) is 21.5 Å². The van der Waals surface area contributed by atoms with Gasteiger partial charge in [-0.25, -0.2) is 9.97 Å². The minimum Gasteiger partial charge on any atom is -0.378 e. The molecule has 6 N–H and O–H groups in total. The van der Waals surface area contributed by atoms with Crippen molar-refractivity contribution in [3.8, 4) is 11.3 Å². The van der Waals surface area contributed by atoms with E-state index in [9.17, 15) is 0 Å². The Morgan fingerprint density at radius 2 is 2.12 bits per heavy atom. The molecule has 0 atom stereocenters. The van der Waals surface area contributed by atoms with Gasteiger partial charge < -0.3 is 16.0 Å². The molecule has 1 aliphatic heterocycles. The maximum atomic E-state index is 8.11. The lowest BCUT2D eigenvalue weighted by atomic mass is 9.92.